The Bertz CT molecular complexity index is 160. The molecule has 0 amide bonds. The minimum Gasteiger partial charge on any atom is -0.388 e. The first-order valence-electron chi connectivity index (χ1n) is 3.33. The van der Waals surface area contributed by atoms with Crippen LogP contribution < -0.4 is 0 Å². The third-order valence-electron chi connectivity index (χ3n) is 1.01. The minimum atomic E-state index is 1.14. The van der Waals surface area contributed by atoms with Crippen molar-refractivity contribution in [2.24, 2.45) is 0 Å². The fourth-order valence-electron chi connectivity index (χ4n) is 0.533. The lowest BCUT2D eigenvalue weighted by Gasteiger charge is -1.88. The van der Waals surface area contributed by atoms with E-state index < -0.39 is 0 Å². The van der Waals surface area contributed by atoms with Crippen molar-refractivity contribution >= 4 is 15.9 Å². The molecular formula is C9H13BrO. The van der Waals surface area contributed by atoms with Gasteiger partial charge in [0.2, 0.25) is 0 Å². The highest BCUT2D eigenvalue weighted by atomic mass is 79.9. The zero-order chi connectivity index (χ0) is 8.69. The molecule has 0 fully saturated rings. The van der Waals surface area contributed by atoms with E-state index in [1.54, 1.807) is 14.2 Å². The summed E-state index contributed by atoms with van der Waals surface area (Å²) >= 11 is 3.35. The molecule has 0 aliphatic carbocycles. The van der Waals surface area contributed by atoms with Gasteiger partial charge in [0.15, 0.2) is 0 Å². The maximum Gasteiger partial charge on any atom is 0.0351 e. The summed E-state index contributed by atoms with van der Waals surface area (Å²) in [5.74, 6) is 0. The summed E-state index contributed by atoms with van der Waals surface area (Å²) < 4.78 is 5.39. The Morgan fingerprint density at radius 1 is 1.09 bits per heavy atom. The van der Waals surface area contributed by atoms with Gasteiger partial charge >= 0.3 is 0 Å². The van der Waals surface area contributed by atoms with E-state index in [0.29, 0.717) is 0 Å². The van der Waals surface area contributed by atoms with E-state index >= 15 is 0 Å². The first-order chi connectivity index (χ1) is 5.20. The van der Waals surface area contributed by atoms with Crippen LogP contribution in [0.5, 0.6) is 0 Å². The Labute approximate surface area is 76.5 Å². The predicted octanol–water partition coefficient (Wildman–Crippen LogP) is 3.02. The van der Waals surface area contributed by atoms with Crippen LogP contribution in [0.25, 0.3) is 0 Å². The fraction of sp³-hybridized carbons (Fsp3) is 0.333. The number of methoxy groups -OCH3 is 1. The van der Waals surface area contributed by atoms with Crippen LogP contribution >= 0.6 is 15.9 Å². The van der Waals surface area contributed by atoms with Crippen LogP contribution in [0.4, 0.5) is 0 Å². The SMILES string of the molecule is COC.Cc1ccc(Br)cc1. The average Bonchev–Trinajstić information content (AvgIpc) is 1.97. The van der Waals surface area contributed by atoms with Crippen LogP contribution in [-0.2, 0) is 4.74 Å². The molecule has 0 radical (unpaired) electrons. The van der Waals surface area contributed by atoms with Gasteiger partial charge in [-0.25, -0.2) is 0 Å². The first-order valence-corrected chi connectivity index (χ1v) is 4.12. The molecule has 1 rings (SSSR count). The number of halogens is 1. The Kier molecular flexibility index (Phi) is 6.18. The first kappa shape index (κ1) is 10.7. The Morgan fingerprint density at radius 2 is 1.45 bits per heavy atom. The highest BCUT2D eigenvalue weighted by Crippen LogP contribution is 2.08. The summed E-state index contributed by atoms with van der Waals surface area (Å²) in [6.45, 7) is 2.08. The van der Waals surface area contributed by atoms with Gasteiger partial charge in [-0.05, 0) is 19.1 Å². The molecule has 62 valence electrons. The zero-order valence-electron chi connectivity index (χ0n) is 7.10. The molecular weight excluding hydrogens is 204 g/mol. The lowest BCUT2D eigenvalue weighted by atomic mass is 10.2. The lowest BCUT2D eigenvalue weighted by Crippen LogP contribution is -1.66. The molecule has 0 bridgehead atoms. The smallest absolute Gasteiger partial charge is 0.0351 e. The molecule has 0 aliphatic rings. The molecule has 0 unspecified atom stereocenters. The maximum absolute atomic E-state index is 4.25. The second-order valence-electron chi connectivity index (χ2n) is 2.20. The van der Waals surface area contributed by atoms with Crippen molar-refractivity contribution in [2.75, 3.05) is 14.2 Å². The van der Waals surface area contributed by atoms with Crippen molar-refractivity contribution < 1.29 is 4.74 Å². The molecule has 0 aliphatic heterocycles. The summed E-state index contributed by atoms with van der Waals surface area (Å²) in [6, 6.07) is 8.22. The summed E-state index contributed by atoms with van der Waals surface area (Å²) in [5.41, 5.74) is 1.30. The van der Waals surface area contributed by atoms with E-state index in [-0.39, 0.29) is 0 Å². The van der Waals surface area contributed by atoms with Gasteiger partial charge in [-0.3, -0.25) is 0 Å². The molecule has 0 saturated carbocycles. The topological polar surface area (TPSA) is 9.23 Å². The highest BCUT2D eigenvalue weighted by molar-refractivity contribution is 9.10. The predicted molar refractivity (Wildman–Crippen MR) is 51.8 cm³/mol. The highest BCUT2D eigenvalue weighted by Gasteiger charge is 1.81. The molecule has 0 aromatic heterocycles. The molecule has 11 heavy (non-hydrogen) atoms. The Morgan fingerprint density at radius 3 is 1.73 bits per heavy atom. The quantitative estimate of drug-likeness (QED) is 0.649. The molecule has 0 N–H and O–H groups in total. The van der Waals surface area contributed by atoms with Crippen LogP contribution in [0.2, 0.25) is 0 Å². The van der Waals surface area contributed by atoms with E-state index in [9.17, 15) is 0 Å². The number of benzene rings is 1. The molecule has 1 aromatic rings. The molecule has 0 saturated heterocycles. The van der Waals surface area contributed by atoms with Crippen LogP contribution in [0.1, 0.15) is 5.56 Å². The number of hydrogen-bond donors (Lipinski definition) is 0. The van der Waals surface area contributed by atoms with Gasteiger partial charge in [-0.15, -0.1) is 0 Å². The third kappa shape index (κ3) is 6.07. The number of hydrogen-bond acceptors (Lipinski definition) is 1. The lowest BCUT2D eigenvalue weighted by molar-refractivity contribution is 0.277. The van der Waals surface area contributed by atoms with Gasteiger partial charge in [-0.2, -0.15) is 0 Å². The standard InChI is InChI=1S/C7H7Br.C2H6O/c1-6-2-4-7(8)5-3-6;1-3-2/h2-5H,1H3;1-2H3. The van der Waals surface area contributed by atoms with Gasteiger partial charge in [0.1, 0.15) is 0 Å². The molecule has 0 heterocycles. The van der Waals surface area contributed by atoms with Crippen molar-refractivity contribution in [1.29, 1.82) is 0 Å². The third-order valence-corrected chi connectivity index (χ3v) is 1.54. The molecule has 2 heteroatoms. The summed E-state index contributed by atoms with van der Waals surface area (Å²) in [6.07, 6.45) is 0. The second kappa shape index (κ2) is 6.38. The zero-order valence-corrected chi connectivity index (χ0v) is 8.68. The summed E-state index contributed by atoms with van der Waals surface area (Å²) in [7, 11) is 3.25. The Balaban J connectivity index is 0.000000292. The fourth-order valence-corrected chi connectivity index (χ4v) is 0.798. The monoisotopic (exact) mass is 216 g/mol. The number of ether oxygens (including phenoxy) is 1. The molecule has 1 nitrogen and oxygen atoms in total. The molecule has 0 spiro atoms. The van der Waals surface area contributed by atoms with E-state index in [1.165, 1.54) is 5.56 Å². The van der Waals surface area contributed by atoms with Gasteiger partial charge in [-0.1, -0.05) is 33.6 Å². The van der Waals surface area contributed by atoms with Crippen molar-refractivity contribution in [2.45, 2.75) is 6.92 Å². The largest absolute Gasteiger partial charge is 0.388 e. The van der Waals surface area contributed by atoms with Crippen LogP contribution in [0.15, 0.2) is 28.7 Å². The summed E-state index contributed by atoms with van der Waals surface area (Å²) in [5, 5.41) is 0. The van der Waals surface area contributed by atoms with Gasteiger partial charge < -0.3 is 4.74 Å². The van der Waals surface area contributed by atoms with E-state index in [2.05, 4.69) is 39.7 Å². The average molecular weight is 217 g/mol. The maximum atomic E-state index is 4.25. The second-order valence-corrected chi connectivity index (χ2v) is 3.12. The van der Waals surface area contributed by atoms with E-state index in [4.69, 9.17) is 0 Å². The normalized spacial score (nSPS) is 8.36. The van der Waals surface area contributed by atoms with Gasteiger partial charge in [0.25, 0.3) is 0 Å². The van der Waals surface area contributed by atoms with Gasteiger partial charge in [0, 0.05) is 18.7 Å². The van der Waals surface area contributed by atoms with Crippen molar-refractivity contribution in [3.63, 3.8) is 0 Å². The molecule has 1 aromatic carbocycles. The minimum absolute atomic E-state index is 1.14. The number of aryl methyl sites for hydroxylation is 1. The van der Waals surface area contributed by atoms with Gasteiger partial charge in [0.05, 0.1) is 0 Å². The summed E-state index contributed by atoms with van der Waals surface area (Å²) in [4.78, 5) is 0. The molecule has 0 atom stereocenters. The van der Waals surface area contributed by atoms with Crippen LogP contribution in [0, 0.1) is 6.92 Å². The Hall–Kier alpha value is -0.340. The number of rotatable bonds is 0. The van der Waals surface area contributed by atoms with Crippen LogP contribution in [-0.4, -0.2) is 14.2 Å². The van der Waals surface area contributed by atoms with Crippen molar-refractivity contribution in [1.82, 2.24) is 0 Å². The van der Waals surface area contributed by atoms with Crippen molar-refractivity contribution in [3.8, 4) is 0 Å². The van der Waals surface area contributed by atoms with E-state index in [0.717, 1.165) is 4.47 Å². The van der Waals surface area contributed by atoms with Crippen LogP contribution in [0.3, 0.4) is 0 Å². The van der Waals surface area contributed by atoms with E-state index in [1.807, 2.05) is 12.1 Å². The van der Waals surface area contributed by atoms with Crippen molar-refractivity contribution in [3.05, 3.63) is 34.3 Å².